The van der Waals surface area contributed by atoms with Crippen molar-refractivity contribution in [2.24, 2.45) is 11.8 Å². The minimum Gasteiger partial charge on any atom is -0.385 e. The molecule has 10 heteroatoms. The summed E-state index contributed by atoms with van der Waals surface area (Å²) in [6.45, 7) is 10.7. The van der Waals surface area contributed by atoms with E-state index in [2.05, 4.69) is 25.3 Å². The smallest absolute Gasteiger partial charge is 0.272 e. The van der Waals surface area contributed by atoms with Gasteiger partial charge in [-0.2, -0.15) is 0 Å². The summed E-state index contributed by atoms with van der Waals surface area (Å²) in [6.07, 6.45) is 7.04. The summed E-state index contributed by atoms with van der Waals surface area (Å²) in [4.78, 5) is 59.3. The predicted octanol–water partition coefficient (Wildman–Crippen LogP) is 1.60. The minimum absolute atomic E-state index is 0.108. The standard InChI is InChI=1S/C21H31N5O4.C3H8O/c1-5-14(4)18(21(30)26-10-6-7-15(26)12-27)25-20(29)17(13(2)3)24-19(28)16-11-22-8-9-23-16;1-3-4-2/h8-9,11-15,17-18H,5-7,10H2,1-4H3,(H,24,28)(H,25,29);3H2,1-2H3/t14?,15?,17-,18?;/m0./s1. The number of methoxy groups -OCH3 is 1. The first kappa shape index (κ1) is 29.2. The van der Waals surface area contributed by atoms with E-state index >= 15 is 0 Å². The highest BCUT2D eigenvalue weighted by Gasteiger charge is 2.37. The van der Waals surface area contributed by atoms with Crippen molar-refractivity contribution in [3.05, 3.63) is 24.3 Å². The SMILES string of the molecule is CCC(C)C(NC(=O)[C@@H](NC(=O)c1cnccn1)C(C)C)C(=O)N1CCCC1C=O.CCOC. The fourth-order valence-corrected chi connectivity index (χ4v) is 3.48. The molecule has 0 saturated carbocycles. The molecule has 4 atom stereocenters. The minimum atomic E-state index is -0.848. The molecule has 3 amide bonds. The summed E-state index contributed by atoms with van der Waals surface area (Å²) >= 11 is 0. The Labute approximate surface area is 202 Å². The van der Waals surface area contributed by atoms with E-state index in [-0.39, 0.29) is 23.4 Å². The molecule has 190 valence electrons. The number of ether oxygens (including phenoxy) is 1. The van der Waals surface area contributed by atoms with E-state index < -0.39 is 29.9 Å². The maximum atomic E-state index is 13.1. The van der Waals surface area contributed by atoms with Gasteiger partial charge in [0.25, 0.3) is 5.91 Å². The van der Waals surface area contributed by atoms with Gasteiger partial charge >= 0.3 is 0 Å². The highest BCUT2D eigenvalue weighted by Crippen LogP contribution is 2.20. The molecule has 1 saturated heterocycles. The summed E-state index contributed by atoms with van der Waals surface area (Å²) in [5, 5.41) is 5.52. The third kappa shape index (κ3) is 8.48. The van der Waals surface area contributed by atoms with Crippen molar-refractivity contribution in [2.75, 3.05) is 20.3 Å². The zero-order valence-electron chi connectivity index (χ0n) is 21.1. The average Bonchev–Trinajstić information content (AvgIpc) is 3.34. The van der Waals surface area contributed by atoms with E-state index in [4.69, 9.17) is 0 Å². The lowest BCUT2D eigenvalue weighted by Crippen LogP contribution is -2.58. The lowest BCUT2D eigenvalue weighted by atomic mass is 9.95. The van der Waals surface area contributed by atoms with Gasteiger partial charge in [0.15, 0.2) is 0 Å². The Morgan fingerprint density at radius 2 is 1.85 bits per heavy atom. The maximum absolute atomic E-state index is 13.1. The Morgan fingerprint density at radius 1 is 1.18 bits per heavy atom. The predicted molar refractivity (Wildman–Crippen MR) is 128 cm³/mol. The maximum Gasteiger partial charge on any atom is 0.272 e. The normalized spacial score (nSPS) is 17.7. The summed E-state index contributed by atoms with van der Waals surface area (Å²) in [6, 6.07) is -2.06. The molecule has 1 aliphatic rings. The zero-order valence-corrected chi connectivity index (χ0v) is 21.1. The Bertz CT molecular complexity index is 787. The van der Waals surface area contributed by atoms with Crippen LogP contribution in [0.15, 0.2) is 18.6 Å². The van der Waals surface area contributed by atoms with E-state index in [1.165, 1.54) is 18.6 Å². The molecular weight excluding hydrogens is 438 g/mol. The van der Waals surface area contributed by atoms with Gasteiger partial charge in [0.2, 0.25) is 11.8 Å². The van der Waals surface area contributed by atoms with Gasteiger partial charge in [-0.05, 0) is 31.6 Å². The Morgan fingerprint density at radius 3 is 2.35 bits per heavy atom. The van der Waals surface area contributed by atoms with Crippen LogP contribution >= 0.6 is 0 Å². The molecule has 0 aromatic carbocycles. The molecule has 0 aliphatic carbocycles. The molecule has 1 aliphatic heterocycles. The van der Waals surface area contributed by atoms with Crippen molar-refractivity contribution in [1.82, 2.24) is 25.5 Å². The second kappa shape index (κ2) is 15.1. The summed E-state index contributed by atoms with van der Waals surface area (Å²) in [7, 11) is 1.68. The van der Waals surface area contributed by atoms with Crippen molar-refractivity contribution < 1.29 is 23.9 Å². The van der Waals surface area contributed by atoms with Gasteiger partial charge in [-0.1, -0.05) is 34.1 Å². The van der Waals surface area contributed by atoms with Crippen LogP contribution in [0.1, 0.15) is 64.4 Å². The van der Waals surface area contributed by atoms with Crippen molar-refractivity contribution in [3.63, 3.8) is 0 Å². The van der Waals surface area contributed by atoms with Gasteiger partial charge in [-0.15, -0.1) is 0 Å². The number of nitrogens with one attached hydrogen (secondary N) is 2. The number of amides is 3. The average molecular weight is 478 g/mol. The molecule has 2 heterocycles. The quantitative estimate of drug-likeness (QED) is 0.490. The highest BCUT2D eigenvalue weighted by molar-refractivity contribution is 5.97. The first-order chi connectivity index (χ1) is 16.2. The Hall–Kier alpha value is -2.88. The van der Waals surface area contributed by atoms with Gasteiger partial charge in [0, 0.05) is 32.7 Å². The van der Waals surface area contributed by atoms with Crippen LogP contribution in [-0.2, 0) is 19.1 Å². The number of nitrogens with zero attached hydrogens (tertiary/aromatic N) is 3. The molecule has 34 heavy (non-hydrogen) atoms. The zero-order chi connectivity index (χ0) is 25.7. The molecule has 0 bridgehead atoms. The van der Waals surface area contributed by atoms with Gasteiger partial charge in [-0.3, -0.25) is 19.4 Å². The number of hydrogen-bond acceptors (Lipinski definition) is 7. The van der Waals surface area contributed by atoms with Crippen LogP contribution in [-0.4, -0.2) is 77.3 Å². The molecule has 0 spiro atoms. The van der Waals surface area contributed by atoms with E-state index in [9.17, 15) is 19.2 Å². The molecule has 1 fully saturated rings. The van der Waals surface area contributed by atoms with Gasteiger partial charge < -0.3 is 25.1 Å². The Balaban J connectivity index is 0.00000133. The van der Waals surface area contributed by atoms with Crippen molar-refractivity contribution >= 4 is 24.0 Å². The fourth-order valence-electron chi connectivity index (χ4n) is 3.48. The molecule has 1 aromatic heterocycles. The van der Waals surface area contributed by atoms with Gasteiger partial charge in [-0.25, -0.2) is 4.98 Å². The molecular formula is C24H39N5O5. The second-order valence-corrected chi connectivity index (χ2v) is 8.61. The van der Waals surface area contributed by atoms with Crippen LogP contribution in [0.25, 0.3) is 0 Å². The Kier molecular flexibility index (Phi) is 13.0. The monoisotopic (exact) mass is 477 g/mol. The molecule has 2 rings (SSSR count). The van der Waals surface area contributed by atoms with E-state index in [0.29, 0.717) is 19.4 Å². The first-order valence-electron chi connectivity index (χ1n) is 11.8. The van der Waals surface area contributed by atoms with Crippen LogP contribution in [0.4, 0.5) is 0 Å². The van der Waals surface area contributed by atoms with Crippen molar-refractivity contribution in [3.8, 4) is 0 Å². The molecule has 2 N–H and O–H groups in total. The lowest BCUT2D eigenvalue weighted by molar-refractivity contribution is -0.140. The molecule has 1 aromatic rings. The summed E-state index contributed by atoms with van der Waals surface area (Å²) < 4.78 is 4.54. The second-order valence-electron chi connectivity index (χ2n) is 8.61. The molecule has 0 radical (unpaired) electrons. The van der Waals surface area contributed by atoms with E-state index in [0.717, 1.165) is 19.3 Å². The third-order valence-corrected chi connectivity index (χ3v) is 5.84. The van der Waals surface area contributed by atoms with Crippen LogP contribution < -0.4 is 10.6 Å². The van der Waals surface area contributed by atoms with Gasteiger partial charge in [0.1, 0.15) is 24.1 Å². The molecule has 10 nitrogen and oxygen atoms in total. The van der Waals surface area contributed by atoms with Crippen LogP contribution in [0, 0.1) is 11.8 Å². The lowest BCUT2D eigenvalue weighted by Gasteiger charge is -2.32. The van der Waals surface area contributed by atoms with E-state index in [1.807, 2.05) is 34.6 Å². The summed E-state index contributed by atoms with van der Waals surface area (Å²) in [5.74, 6) is -1.55. The van der Waals surface area contributed by atoms with Crippen LogP contribution in [0.5, 0.6) is 0 Å². The van der Waals surface area contributed by atoms with Gasteiger partial charge in [0.05, 0.1) is 12.2 Å². The highest BCUT2D eigenvalue weighted by atomic mass is 16.5. The number of likely N-dealkylation sites (tertiary alicyclic amines) is 1. The molecule has 3 unspecified atom stereocenters. The number of rotatable bonds is 10. The number of carbonyl (C=O) groups is 4. The fraction of sp³-hybridized carbons (Fsp3) is 0.667. The van der Waals surface area contributed by atoms with E-state index in [1.54, 1.807) is 12.0 Å². The van der Waals surface area contributed by atoms with Crippen molar-refractivity contribution in [1.29, 1.82) is 0 Å². The summed E-state index contributed by atoms with van der Waals surface area (Å²) in [5.41, 5.74) is 0.108. The first-order valence-corrected chi connectivity index (χ1v) is 11.8. The topological polar surface area (TPSA) is 131 Å². The van der Waals surface area contributed by atoms with Crippen LogP contribution in [0.2, 0.25) is 0 Å². The number of carbonyl (C=O) groups excluding carboxylic acids is 4. The number of hydrogen-bond donors (Lipinski definition) is 2. The van der Waals surface area contributed by atoms with Crippen molar-refractivity contribution in [2.45, 2.75) is 72.0 Å². The van der Waals surface area contributed by atoms with Crippen LogP contribution in [0.3, 0.4) is 0 Å². The number of aldehydes is 1. The number of aromatic nitrogens is 2. The third-order valence-electron chi connectivity index (χ3n) is 5.84. The largest absolute Gasteiger partial charge is 0.385 e.